The highest BCUT2D eigenvalue weighted by atomic mass is 35.5. The van der Waals surface area contributed by atoms with E-state index in [1.807, 2.05) is 0 Å². The van der Waals surface area contributed by atoms with Crippen molar-refractivity contribution < 1.29 is 19.4 Å². The number of hydrogen-bond donors (Lipinski definition) is 3. The Morgan fingerprint density at radius 2 is 2.15 bits per heavy atom. The minimum absolute atomic E-state index is 0.000194. The molecular weight excluding hydrogens is 284 g/mol. The molecular formula is C13H17ClN2O4. The van der Waals surface area contributed by atoms with Crippen LogP contribution in [0.4, 0.5) is 10.5 Å². The molecule has 0 aromatic heterocycles. The number of hydrogen-bond acceptors (Lipinski definition) is 3. The van der Waals surface area contributed by atoms with Crippen molar-refractivity contribution in [2.24, 2.45) is 5.92 Å². The van der Waals surface area contributed by atoms with Crippen molar-refractivity contribution in [1.82, 2.24) is 5.32 Å². The number of amides is 2. The summed E-state index contributed by atoms with van der Waals surface area (Å²) in [6.45, 7) is 2.01. The lowest BCUT2D eigenvalue weighted by molar-refractivity contribution is -0.137. The van der Waals surface area contributed by atoms with Gasteiger partial charge in [-0.05, 0) is 18.1 Å². The van der Waals surface area contributed by atoms with Crippen LogP contribution >= 0.6 is 11.6 Å². The highest BCUT2D eigenvalue weighted by Gasteiger charge is 2.11. The number of nitrogens with one attached hydrogen (secondary N) is 2. The normalized spacial score (nSPS) is 11.6. The van der Waals surface area contributed by atoms with Gasteiger partial charge in [0, 0.05) is 19.0 Å². The van der Waals surface area contributed by atoms with Crippen molar-refractivity contribution in [3.63, 3.8) is 0 Å². The third kappa shape index (κ3) is 5.36. The van der Waals surface area contributed by atoms with Crippen molar-refractivity contribution in [1.29, 1.82) is 0 Å². The second-order valence-electron chi connectivity index (χ2n) is 4.38. The van der Waals surface area contributed by atoms with Gasteiger partial charge in [0.1, 0.15) is 5.75 Å². The number of carboxylic acid groups (broad SMARTS) is 1. The molecule has 1 aromatic rings. The predicted molar refractivity (Wildman–Crippen MR) is 76.4 cm³/mol. The molecule has 0 fully saturated rings. The van der Waals surface area contributed by atoms with Crippen molar-refractivity contribution in [2.45, 2.75) is 13.3 Å². The Labute approximate surface area is 122 Å². The molecule has 7 heteroatoms. The van der Waals surface area contributed by atoms with E-state index in [4.69, 9.17) is 21.4 Å². The van der Waals surface area contributed by atoms with Gasteiger partial charge in [0.15, 0.2) is 0 Å². The van der Waals surface area contributed by atoms with Gasteiger partial charge in [0.25, 0.3) is 0 Å². The fourth-order valence-corrected chi connectivity index (χ4v) is 1.70. The molecule has 1 aromatic carbocycles. The van der Waals surface area contributed by atoms with Gasteiger partial charge < -0.3 is 20.5 Å². The maximum absolute atomic E-state index is 11.7. The molecule has 1 atom stereocenters. The zero-order valence-corrected chi connectivity index (χ0v) is 12.0. The largest absolute Gasteiger partial charge is 0.497 e. The Bertz CT molecular complexity index is 493. The SMILES string of the molecule is COc1ccc(Cl)c(NC(=O)NCC(C)CC(=O)O)c1. The second kappa shape index (κ2) is 7.59. The molecule has 0 heterocycles. The Morgan fingerprint density at radius 3 is 2.75 bits per heavy atom. The van der Waals surface area contributed by atoms with Gasteiger partial charge in [0.2, 0.25) is 0 Å². The van der Waals surface area contributed by atoms with Crippen molar-refractivity contribution in [2.75, 3.05) is 19.0 Å². The summed E-state index contributed by atoms with van der Waals surface area (Å²) in [6, 6.07) is 4.45. The molecule has 1 rings (SSSR count). The Morgan fingerprint density at radius 1 is 1.45 bits per heavy atom. The number of ether oxygens (including phenoxy) is 1. The average molecular weight is 301 g/mol. The molecule has 110 valence electrons. The summed E-state index contributed by atoms with van der Waals surface area (Å²) in [5, 5.41) is 14.2. The third-order valence-electron chi connectivity index (χ3n) is 2.56. The van der Waals surface area contributed by atoms with Crippen LogP contribution in [0, 0.1) is 5.92 Å². The number of carboxylic acids is 1. The molecule has 0 aliphatic heterocycles. The van der Waals surface area contributed by atoms with Crippen LogP contribution in [0.15, 0.2) is 18.2 Å². The van der Waals surface area contributed by atoms with Crippen molar-refractivity contribution >= 4 is 29.3 Å². The van der Waals surface area contributed by atoms with Gasteiger partial charge in [0.05, 0.1) is 17.8 Å². The summed E-state index contributed by atoms with van der Waals surface area (Å²) in [4.78, 5) is 22.2. The Hall–Kier alpha value is -1.95. The summed E-state index contributed by atoms with van der Waals surface area (Å²) in [5.41, 5.74) is 0.425. The number of anilines is 1. The molecule has 1 unspecified atom stereocenters. The molecule has 2 amide bonds. The van der Waals surface area contributed by atoms with Gasteiger partial charge in [-0.3, -0.25) is 4.79 Å². The molecule has 0 saturated carbocycles. The van der Waals surface area contributed by atoms with Crippen LogP contribution in [0.5, 0.6) is 5.75 Å². The summed E-state index contributed by atoms with van der Waals surface area (Å²) < 4.78 is 5.04. The first-order valence-corrected chi connectivity index (χ1v) is 6.40. The lowest BCUT2D eigenvalue weighted by Crippen LogP contribution is -2.33. The summed E-state index contributed by atoms with van der Waals surface area (Å²) in [7, 11) is 1.51. The molecule has 0 spiro atoms. The van der Waals surface area contributed by atoms with Crippen LogP contribution in [0.1, 0.15) is 13.3 Å². The fourth-order valence-electron chi connectivity index (χ4n) is 1.53. The smallest absolute Gasteiger partial charge is 0.319 e. The maximum atomic E-state index is 11.7. The average Bonchev–Trinajstić information content (AvgIpc) is 2.38. The van der Waals surface area contributed by atoms with Gasteiger partial charge in [-0.2, -0.15) is 0 Å². The zero-order valence-electron chi connectivity index (χ0n) is 11.3. The fraction of sp³-hybridized carbons (Fsp3) is 0.385. The van der Waals surface area contributed by atoms with Crippen LogP contribution < -0.4 is 15.4 Å². The number of halogens is 1. The molecule has 0 aliphatic carbocycles. The van der Waals surface area contributed by atoms with E-state index in [-0.39, 0.29) is 18.9 Å². The summed E-state index contributed by atoms with van der Waals surface area (Å²) >= 11 is 5.95. The molecule has 0 radical (unpaired) electrons. The molecule has 3 N–H and O–H groups in total. The van der Waals surface area contributed by atoms with Gasteiger partial charge >= 0.3 is 12.0 Å². The number of carbonyl (C=O) groups excluding carboxylic acids is 1. The van der Waals surface area contributed by atoms with Gasteiger partial charge in [-0.15, -0.1) is 0 Å². The minimum atomic E-state index is -0.893. The van der Waals surface area contributed by atoms with E-state index >= 15 is 0 Å². The zero-order chi connectivity index (χ0) is 15.1. The number of benzene rings is 1. The van der Waals surface area contributed by atoms with Crippen LogP contribution in [-0.4, -0.2) is 30.8 Å². The number of rotatable bonds is 6. The predicted octanol–water partition coefficient (Wildman–Crippen LogP) is 2.58. The molecule has 6 nitrogen and oxygen atoms in total. The number of carbonyl (C=O) groups is 2. The highest BCUT2D eigenvalue weighted by molar-refractivity contribution is 6.33. The topological polar surface area (TPSA) is 87.7 Å². The van der Waals surface area contributed by atoms with E-state index < -0.39 is 12.0 Å². The van der Waals surface area contributed by atoms with E-state index in [9.17, 15) is 9.59 Å². The van der Waals surface area contributed by atoms with Crippen molar-refractivity contribution in [3.8, 4) is 5.75 Å². The van der Waals surface area contributed by atoms with E-state index in [0.717, 1.165) is 0 Å². The number of urea groups is 1. The highest BCUT2D eigenvalue weighted by Crippen LogP contribution is 2.26. The molecule has 0 bridgehead atoms. The third-order valence-corrected chi connectivity index (χ3v) is 2.89. The van der Waals surface area contributed by atoms with E-state index in [1.165, 1.54) is 7.11 Å². The second-order valence-corrected chi connectivity index (χ2v) is 4.79. The monoisotopic (exact) mass is 300 g/mol. The first kappa shape index (κ1) is 16.1. The van der Waals surface area contributed by atoms with Crippen LogP contribution in [0.2, 0.25) is 5.02 Å². The lowest BCUT2D eigenvalue weighted by atomic mass is 10.1. The minimum Gasteiger partial charge on any atom is -0.497 e. The molecule has 0 saturated heterocycles. The standard InChI is InChI=1S/C13H17ClN2O4/c1-8(5-12(17)18)7-15-13(19)16-11-6-9(20-2)3-4-10(11)14/h3-4,6,8H,5,7H2,1-2H3,(H,17,18)(H2,15,16,19). The van der Waals surface area contributed by atoms with Gasteiger partial charge in [-0.1, -0.05) is 18.5 Å². The Balaban J connectivity index is 2.52. The van der Waals surface area contributed by atoms with E-state index in [1.54, 1.807) is 25.1 Å². The Kier molecular flexibility index (Phi) is 6.11. The number of aliphatic carboxylic acids is 1. The quantitative estimate of drug-likeness (QED) is 0.753. The van der Waals surface area contributed by atoms with Crippen LogP contribution in [-0.2, 0) is 4.79 Å². The van der Waals surface area contributed by atoms with Crippen LogP contribution in [0.25, 0.3) is 0 Å². The molecule has 20 heavy (non-hydrogen) atoms. The maximum Gasteiger partial charge on any atom is 0.319 e. The first-order valence-electron chi connectivity index (χ1n) is 6.02. The number of methoxy groups -OCH3 is 1. The van der Waals surface area contributed by atoms with Crippen molar-refractivity contribution in [3.05, 3.63) is 23.2 Å². The summed E-state index contributed by atoms with van der Waals surface area (Å²) in [6.07, 6.45) is 0.000194. The molecule has 0 aliphatic rings. The summed E-state index contributed by atoms with van der Waals surface area (Å²) in [5.74, 6) is -0.474. The first-order chi connectivity index (χ1) is 9.42. The van der Waals surface area contributed by atoms with Gasteiger partial charge in [-0.25, -0.2) is 4.79 Å². The van der Waals surface area contributed by atoms with E-state index in [0.29, 0.717) is 16.5 Å². The van der Waals surface area contributed by atoms with E-state index in [2.05, 4.69) is 10.6 Å². The lowest BCUT2D eigenvalue weighted by Gasteiger charge is -2.12. The van der Waals surface area contributed by atoms with Crippen LogP contribution in [0.3, 0.4) is 0 Å².